The zero-order chi connectivity index (χ0) is 15.5. The van der Waals surface area contributed by atoms with Gasteiger partial charge in [-0.1, -0.05) is 19.1 Å². The lowest BCUT2D eigenvalue weighted by molar-refractivity contribution is -0.00183. The predicted octanol–water partition coefficient (Wildman–Crippen LogP) is 1.63. The van der Waals surface area contributed by atoms with Crippen molar-refractivity contribution in [2.45, 2.75) is 44.0 Å². The maximum Gasteiger partial charge on any atom is 0.215 e. The summed E-state index contributed by atoms with van der Waals surface area (Å²) in [5, 5.41) is 10.4. The highest BCUT2D eigenvalue weighted by molar-refractivity contribution is 7.88. The fourth-order valence-corrected chi connectivity index (χ4v) is 3.83. The summed E-state index contributed by atoms with van der Waals surface area (Å²) in [7, 11) is -3.45. The average molecular weight is 312 g/mol. The Labute approximate surface area is 126 Å². The molecular formula is C15H24N2O3S. The van der Waals surface area contributed by atoms with Gasteiger partial charge in [-0.15, -0.1) is 0 Å². The molecule has 1 aromatic rings. The quantitative estimate of drug-likeness (QED) is 0.721. The molecule has 0 heterocycles. The fraction of sp³-hybridized carbons (Fsp3) is 0.600. The largest absolute Gasteiger partial charge is 0.399 e. The number of hydrogen-bond donors (Lipinski definition) is 3. The van der Waals surface area contributed by atoms with E-state index in [0.29, 0.717) is 30.0 Å². The van der Waals surface area contributed by atoms with Crippen LogP contribution in [0.3, 0.4) is 0 Å². The molecule has 0 amide bonds. The summed E-state index contributed by atoms with van der Waals surface area (Å²) in [5.74, 6) is 0.511. The Morgan fingerprint density at radius 1 is 1.29 bits per heavy atom. The molecule has 0 aromatic heterocycles. The molecule has 1 saturated carbocycles. The molecule has 0 radical (unpaired) electrons. The van der Waals surface area contributed by atoms with Crippen LogP contribution in [0.4, 0.5) is 5.69 Å². The van der Waals surface area contributed by atoms with Crippen molar-refractivity contribution in [3.8, 4) is 0 Å². The molecule has 1 aliphatic rings. The van der Waals surface area contributed by atoms with Crippen molar-refractivity contribution in [3.63, 3.8) is 0 Å². The van der Waals surface area contributed by atoms with Crippen LogP contribution >= 0.6 is 0 Å². The Balaban J connectivity index is 1.90. The van der Waals surface area contributed by atoms with Crippen LogP contribution in [0.15, 0.2) is 24.3 Å². The van der Waals surface area contributed by atoms with Crippen LogP contribution in [-0.2, 0) is 15.8 Å². The number of nitrogens with one attached hydrogen (secondary N) is 1. The molecule has 1 aliphatic carbocycles. The molecule has 21 heavy (non-hydrogen) atoms. The summed E-state index contributed by atoms with van der Waals surface area (Å²) in [6.45, 7) is 2.25. The van der Waals surface area contributed by atoms with Crippen molar-refractivity contribution in [1.29, 1.82) is 0 Å². The monoisotopic (exact) mass is 312 g/mol. The number of sulfonamides is 1. The van der Waals surface area contributed by atoms with E-state index in [-0.39, 0.29) is 12.3 Å². The standard InChI is InChI=1S/C15H24N2O3S/c1-12-6-8-15(18,9-7-12)11-17-21(19,20)10-13-2-4-14(16)5-3-13/h2-5,12,17-18H,6-11,16H2,1H3. The highest BCUT2D eigenvalue weighted by Gasteiger charge is 2.32. The van der Waals surface area contributed by atoms with Gasteiger partial charge in [0.25, 0.3) is 0 Å². The second-order valence-corrected chi connectivity index (χ2v) is 8.04. The summed E-state index contributed by atoms with van der Waals surface area (Å²) >= 11 is 0. The minimum atomic E-state index is -3.45. The minimum absolute atomic E-state index is 0.0943. The van der Waals surface area contributed by atoms with Crippen LogP contribution in [0.2, 0.25) is 0 Å². The van der Waals surface area contributed by atoms with Crippen molar-refractivity contribution >= 4 is 15.7 Å². The average Bonchev–Trinajstić information content (AvgIpc) is 2.43. The van der Waals surface area contributed by atoms with Gasteiger partial charge in [-0.3, -0.25) is 0 Å². The molecule has 118 valence electrons. The smallest absolute Gasteiger partial charge is 0.215 e. The molecule has 0 atom stereocenters. The molecule has 0 aliphatic heterocycles. The number of benzene rings is 1. The lowest BCUT2D eigenvalue weighted by Crippen LogP contribution is -2.45. The first-order valence-corrected chi connectivity index (χ1v) is 8.97. The molecule has 4 N–H and O–H groups in total. The minimum Gasteiger partial charge on any atom is -0.399 e. The van der Waals surface area contributed by atoms with Crippen LogP contribution in [-0.4, -0.2) is 25.7 Å². The Kier molecular flexibility index (Phi) is 4.91. The molecule has 0 saturated heterocycles. The third-order valence-electron chi connectivity index (χ3n) is 4.16. The van der Waals surface area contributed by atoms with Crippen molar-refractivity contribution in [3.05, 3.63) is 29.8 Å². The van der Waals surface area contributed by atoms with E-state index in [1.807, 2.05) is 0 Å². The van der Waals surface area contributed by atoms with Crippen LogP contribution in [0.1, 0.15) is 38.2 Å². The molecule has 0 spiro atoms. The summed E-state index contributed by atoms with van der Waals surface area (Å²) in [4.78, 5) is 0. The zero-order valence-corrected chi connectivity index (χ0v) is 13.2. The van der Waals surface area contributed by atoms with E-state index >= 15 is 0 Å². The van der Waals surface area contributed by atoms with Gasteiger partial charge in [0, 0.05) is 12.2 Å². The molecule has 5 nitrogen and oxygen atoms in total. The second kappa shape index (κ2) is 6.34. The van der Waals surface area contributed by atoms with E-state index in [2.05, 4.69) is 11.6 Å². The Morgan fingerprint density at radius 3 is 2.43 bits per heavy atom. The topological polar surface area (TPSA) is 92.4 Å². The number of aliphatic hydroxyl groups is 1. The van der Waals surface area contributed by atoms with Gasteiger partial charge < -0.3 is 10.8 Å². The Bertz CT molecular complexity index is 561. The van der Waals surface area contributed by atoms with Crippen molar-refractivity contribution < 1.29 is 13.5 Å². The van der Waals surface area contributed by atoms with Gasteiger partial charge in [-0.2, -0.15) is 0 Å². The van der Waals surface area contributed by atoms with Gasteiger partial charge >= 0.3 is 0 Å². The molecule has 0 unspecified atom stereocenters. The van der Waals surface area contributed by atoms with Gasteiger partial charge in [0.1, 0.15) is 0 Å². The van der Waals surface area contributed by atoms with Gasteiger partial charge in [0.05, 0.1) is 11.4 Å². The van der Waals surface area contributed by atoms with Gasteiger partial charge in [-0.05, 0) is 49.3 Å². The van der Waals surface area contributed by atoms with E-state index in [4.69, 9.17) is 5.73 Å². The van der Waals surface area contributed by atoms with Crippen LogP contribution in [0.5, 0.6) is 0 Å². The van der Waals surface area contributed by atoms with Crippen molar-refractivity contribution in [1.82, 2.24) is 4.72 Å². The zero-order valence-electron chi connectivity index (χ0n) is 12.4. The number of anilines is 1. The summed E-state index contributed by atoms with van der Waals surface area (Å²) in [5.41, 5.74) is 5.96. The predicted molar refractivity (Wildman–Crippen MR) is 84.1 cm³/mol. The SMILES string of the molecule is CC1CCC(O)(CNS(=O)(=O)Cc2ccc(N)cc2)CC1. The van der Waals surface area contributed by atoms with Gasteiger partial charge in [-0.25, -0.2) is 13.1 Å². The highest BCUT2D eigenvalue weighted by atomic mass is 32.2. The maximum atomic E-state index is 12.1. The lowest BCUT2D eigenvalue weighted by Gasteiger charge is -2.34. The second-order valence-electron chi connectivity index (χ2n) is 6.23. The van der Waals surface area contributed by atoms with E-state index in [0.717, 1.165) is 12.8 Å². The first-order chi connectivity index (χ1) is 9.78. The number of nitrogen functional groups attached to an aromatic ring is 1. The summed E-state index contributed by atoms with van der Waals surface area (Å²) in [6.07, 6.45) is 3.18. The van der Waals surface area contributed by atoms with Crippen molar-refractivity contribution in [2.24, 2.45) is 5.92 Å². The number of rotatable bonds is 5. The van der Waals surface area contributed by atoms with Crippen LogP contribution < -0.4 is 10.5 Å². The van der Waals surface area contributed by atoms with Crippen LogP contribution in [0, 0.1) is 5.92 Å². The number of hydrogen-bond acceptors (Lipinski definition) is 4. The molecule has 2 rings (SSSR count). The normalized spacial score (nSPS) is 26.7. The molecular weight excluding hydrogens is 288 g/mol. The molecule has 1 fully saturated rings. The highest BCUT2D eigenvalue weighted by Crippen LogP contribution is 2.31. The van der Waals surface area contributed by atoms with Gasteiger partial charge in [0.2, 0.25) is 10.0 Å². The Hall–Kier alpha value is -1.11. The first kappa shape index (κ1) is 16.3. The molecule has 1 aromatic carbocycles. The lowest BCUT2D eigenvalue weighted by atomic mass is 9.80. The van der Waals surface area contributed by atoms with Gasteiger partial charge in [0.15, 0.2) is 0 Å². The molecule has 0 bridgehead atoms. The maximum absolute atomic E-state index is 12.1. The van der Waals surface area contributed by atoms with E-state index in [1.54, 1.807) is 24.3 Å². The van der Waals surface area contributed by atoms with Crippen LogP contribution in [0.25, 0.3) is 0 Å². The Morgan fingerprint density at radius 2 is 1.86 bits per heavy atom. The molecule has 6 heteroatoms. The third kappa shape index (κ3) is 4.98. The number of nitrogens with two attached hydrogens (primary N) is 1. The van der Waals surface area contributed by atoms with E-state index in [9.17, 15) is 13.5 Å². The first-order valence-electron chi connectivity index (χ1n) is 7.32. The van der Waals surface area contributed by atoms with E-state index in [1.165, 1.54) is 0 Å². The third-order valence-corrected chi connectivity index (χ3v) is 5.46. The van der Waals surface area contributed by atoms with Crippen molar-refractivity contribution in [2.75, 3.05) is 12.3 Å². The van der Waals surface area contributed by atoms with E-state index < -0.39 is 15.6 Å². The summed E-state index contributed by atoms with van der Waals surface area (Å²) in [6, 6.07) is 6.76. The fourth-order valence-electron chi connectivity index (χ4n) is 2.60. The summed E-state index contributed by atoms with van der Waals surface area (Å²) < 4.78 is 26.7.